The minimum Gasteiger partial charge on any atom is -0.504 e. The number of amides is 1. The van der Waals surface area contributed by atoms with Crippen LogP contribution < -0.4 is 4.74 Å². The second kappa shape index (κ2) is 6.91. The van der Waals surface area contributed by atoms with Crippen LogP contribution in [0, 0.1) is 5.41 Å². The van der Waals surface area contributed by atoms with Gasteiger partial charge in [0.25, 0.3) is 0 Å². The topological polar surface area (TPSA) is 66.2 Å². The highest BCUT2D eigenvalue weighted by Gasteiger charge is 2.72. The number of aromatic hydroxyl groups is 1. The highest BCUT2D eigenvalue weighted by Crippen LogP contribution is 2.69. The molecule has 5 aliphatic rings. The molecular formula is C28H32N2O4. The molecule has 2 aromatic rings. The van der Waals surface area contributed by atoms with Gasteiger partial charge in [0.05, 0.1) is 12.3 Å². The zero-order chi connectivity index (χ0) is 23.2. The molecule has 5 atom stereocenters. The van der Waals surface area contributed by atoms with Gasteiger partial charge in [-0.05, 0) is 80.3 Å². The number of nitrogens with zero attached hydrogens (tertiary/aromatic N) is 2. The van der Waals surface area contributed by atoms with Gasteiger partial charge in [0.2, 0.25) is 5.91 Å². The van der Waals surface area contributed by atoms with Gasteiger partial charge < -0.3 is 19.2 Å². The number of carbonyl (C=O) groups is 1. The van der Waals surface area contributed by atoms with E-state index in [-0.39, 0.29) is 34.6 Å². The van der Waals surface area contributed by atoms with Crippen LogP contribution in [0.5, 0.6) is 11.5 Å². The summed E-state index contributed by atoms with van der Waals surface area (Å²) >= 11 is 0. The maximum Gasteiger partial charge on any atom is 0.246 e. The Kier molecular flexibility index (Phi) is 4.19. The number of carbonyl (C=O) groups excluding carboxylic acids is 1. The number of likely N-dealkylation sites (N-methyl/N-ethyl adjacent to an activating group) is 1. The van der Waals surface area contributed by atoms with Gasteiger partial charge in [-0.25, -0.2) is 0 Å². The van der Waals surface area contributed by atoms with Crippen molar-refractivity contribution in [3.05, 3.63) is 53.5 Å². The Morgan fingerprint density at radius 1 is 1.24 bits per heavy atom. The van der Waals surface area contributed by atoms with Gasteiger partial charge in [-0.2, -0.15) is 0 Å². The molecule has 1 N–H and O–H groups in total. The summed E-state index contributed by atoms with van der Waals surface area (Å²) in [5.74, 6) is 1.52. The van der Waals surface area contributed by atoms with E-state index < -0.39 is 0 Å². The third-order valence-electron chi connectivity index (χ3n) is 9.84. The first kappa shape index (κ1) is 20.6. The lowest BCUT2D eigenvalue weighted by atomic mass is 9.43. The first-order valence-corrected chi connectivity index (χ1v) is 12.7. The van der Waals surface area contributed by atoms with Crippen LogP contribution in [0.3, 0.4) is 0 Å². The normalized spacial score (nSPS) is 35.8. The lowest BCUT2D eigenvalue weighted by molar-refractivity contribution is -0.151. The number of rotatable bonds is 4. The summed E-state index contributed by atoms with van der Waals surface area (Å²) in [6, 6.07) is 8.75. The average Bonchev–Trinajstić information content (AvgIpc) is 3.40. The minimum absolute atomic E-state index is 0.0480. The summed E-state index contributed by atoms with van der Waals surface area (Å²) in [5, 5.41) is 10.8. The fraction of sp³-hybridized carbons (Fsp3) is 0.536. The average molecular weight is 461 g/mol. The highest BCUT2D eigenvalue weighted by molar-refractivity contribution is 5.91. The van der Waals surface area contributed by atoms with E-state index in [0.29, 0.717) is 17.6 Å². The molecule has 2 aliphatic heterocycles. The molecule has 5 unspecified atom stereocenters. The molecule has 7 rings (SSSR count). The fourth-order valence-electron chi connectivity index (χ4n) is 8.06. The number of phenols is 1. The summed E-state index contributed by atoms with van der Waals surface area (Å²) in [5.41, 5.74) is 2.46. The second-order valence-electron chi connectivity index (χ2n) is 11.2. The predicted octanol–water partition coefficient (Wildman–Crippen LogP) is 4.12. The molecule has 3 heterocycles. The van der Waals surface area contributed by atoms with E-state index in [9.17, 15) is 9.90 Å². The van der Waals surface area contributed by atoms with Crippen LogP contribution in [0.4, 0.5) is 0 Å². The van der Waals surface area contributed by atoms with E-state index in [1.54, 1.807) is 24.5 Å². The highest BCUT2D eigenvalue weighted by atomic mass is 16.5. The molecule has 0 radical (unpaired) electrons. The number of likely N-dealkylation sites (tertiary alicyclic amines) is 1. The monoisotopic (exact) mass is 460 g/mol. The van der Waals surface area contributed by atoms with Crippen molar-refractivity contribution in [2.45, 2.75) is 75.1 Å². The Morgan fingerprint density at radius 2 is 2.09 bits per heavy atom. The minimum atomic E-state index is -0.174. The summed E-state index contributed by atoms with van der Waals surface area (Å²) in [6.07, 6.45) is 11.4. The van der Waals surface area contributed by atoms with Crippen molar-refractivity contribution < 1.29 is 19.1 Å². The van der Waals surface area contributed by atoms with Crippen molar-refractivity contribution in [2.75, 3.05) is 13.6 Å². The van der Waals surface area contributed by atoms with E-state index in [1.807, 2.05) is 24.1 Å². The number of phenolic OH excluding ortho intramolecular Hbond substituents is 1. The number of furan rings is 1. The van der Waals surface area contributed by atoms with Gasteiger partial charge in [-0.15, -0.1) is 0 Å². The maximum atomic E-state index is 13.2. The molecule has 6 heteroatoms. The Morgan fingerprint density at radius 3 is 2.85 bits per heavy atom. The van der Waals surface area contributed by atoms with Gasteiger partial charge >= 0.3 is 0 Å². The van der Waals surface area contributed by atoms with Crippen LogP contribution in [0.2, 0.25) is 0 Å². The van der Waals surface area contributed by atoms with E-state index in [2.05, 4.69) is 17.9 Å². The molecule has 3 aliphatic carbocycles. The quantitative estimate of drug-likeness (QED) is 0.696. The molecule has 1 saturated heterocycles. The molecule has 1 aromatic heterocycles. The summed E-state index contributed by atoms with van der Waals surface area (Å²) < 4.78 is 12.1. The van der Waals surface area contributed by atoms with Crippen LogP contribution in [-0.2, 0) is 16.6 Å². The van der Waals surface area contributed by atoms with Gasteiger partial charge in [-0.1, -0.05) is 13.0 Å². The molecule has 2 bridgehead atoms. The zero-order valence-electron chi connectivity index (χ0n) is 19.9. The van der Waals surface area contributed by atoms with Crippen molar-refractivity contribution in [1.29, 1.82) is 0 Å². The standard InChI is InChI=1S/C28H32N2O4/c1-27-12-11-20(29(2)23(32)10-8-19-4-3-15-33-19)26-28(27)13-14-30(18-6-7-18)22(27)16-17-5-9-21(31)25(34-26)24(17)28/h3-5,8-10,15,18,20,22,26,31H,6-7,11-14,16H2,1-2H3/b10-8+. The van der Waals surface area contributed by atoms with Gasteiger partial charge in [0, 0.05) is 36.2 Å². The van der Waals surface area contributed by atoms with Crippen LogP contribution >= 0.6 is 0 Å². The fourth-order valence-corrected chi connectivity index (χ4v) is 8.06. The Labute approximate surface area is 200 Å². The molecule has 1 aromatic carbocycles. The number of piperidine rings is 1. The Hall–Kier alpha value is -2.73. The van der Waals surface area contributed by atoms with Crippen molar-refractivity contribution in [3.63, 3.8) is 0 Å². The van der Waals surface area contributed by atoms with Crippen molar-refractivity contribution in [3.8, 4) is 11.5 Å². The molecule has 2 saturated carbocycles. The van der Waals surface area contributed by atoms with E-state index >= 15 is 0 Å². The third-order valence-corrected chi connectivity index (χ3v) is 9.84. The number of benzene rings is 1. The van der Waals surface area contributed by atoms with Crippen LogP contribution in [-0.4, -0.2) is 58.6 Å². The van der Waals surface area contributed by atoms with E-state index in [0.717, 1.165) is 38.3 Å². The molecule has 178 valence electrons. The van der Waals surface area contributed by atoms with Crippen molar-refractivity contribution in [2.24, 2.45) is 5.41 Å². The SMILES string of the molecule is CN(C(=O)/C=C/c1ccco1)C1CCC2(C)C3Cc4ccc(O)c5c4C2(CCN3C2CC2)C1O5. The number of hydrogen-bond donors (Lipinski definition) is 1. The lowest BCUT2D eigenvalue weighted by Gasteiger charge is -2.66. The Bertz CT molecular complexity index is 1190. The third kappa shape index (κ3) is 2.52. The largest absolute Gasteiger partial charge is 0.504 e. The number of hydrogen-bond acceptors (Lipinski definition) is 5. The smallest absolute Gasteiger partial charge is 0.246 e. The first-order valence-electron chi connectivity index (χ1n) is 12.7. The summed E-state index contributed by atoms with van der Waals surface area (Å²) in [4.78, 5) is 17.9. The van der Waals surface area contributed by atoms with Gasteiger partial charge in [-0.3, -0.25) is 9.69 Å². The Balaban J connectivity index is 1.30. The van der Waals surface area contributed by atoms with Crippen molar-refractivity contribution in [1.82, 2.24) is 9.80 Å². The molecular weight excluding hydrogens is 428 g/mol. The van der Waals surface area contributed by atoms with Gasteiger partial charge in [0.1, 0.15) is 11.9 Å². The van der Waals surface area contributed by atoms with Crippen molar-refractivity contribution >= 4 is 12.0 Å². The predicted molar refractivity (Wildman–Crippen MR) is 128 cm³/mol. The summed E-state index contributed by atoms with van der Waals surface area (Å²) in [7, 11) is 1.89. The molecule has 1 amide bonds. The van der Waals surface area contributed by atoms with Crippen LogP contribution in [0.15, 0.2) is 41.0 Å². The van der Waals surface area contributed by atoms with E-state index in [1.165, 1.54) is 24.0 Å². The molecule has 6 nitrogen and oxygen atoms in total. The van der Waals surface area contributed by atoms with Gasteiger partial charge in [0.15, 0.2) is 11.5 Å². The zero-order valence-corrected chi connectivity index (χ0v) is 19.9. The lowest BCUT2D eigenvalue weighted by Crippen LogP contribution is -2.73. The van der Waals surface area contributed by atoms with E-state index in [4.69, 9.17) is 9.15 Å². The van der Waals surface area contributed by atoms with Crippen LogP contribution in [0.1, 0.15) is 55.9 Å². The molecule has 1 spiro atoms. The summed E-state index contributed by atoms with van der Waals surface area (Å²) in [6.45, 7) is 3.54. The maximum absolute atomic E-state index is 13.2. The van der Waals surface area contributed by atoms with Crippen LogP contribution in [0.25, 0.3) is 6.08 Å². The number of ether oxygens (including phenoxy) is 1. The molecule has 3 fully saturated rings. The first-order chi connectivity index (χ1) is 16.4. The molecule has 34 heavy (non-hydrogen) atoms. The second-order valence-corrected chi connectivity index (χ2v) is 11.2.